The Bertz CT molecular complexity index is 1540. The van der Waals surface area contributed by atoms with Gasteiger partial charge in [-0.05, 0) is 35.9 Å². The van der Waals surface area contributed by atoms with Crippen LogP contribution in [0.25, 0.3) is 0 Å². The summed E-state index contributed by atoms with van der Waals surface area (Å²) in [7, 11) is 0. The molecule has 0 saturated heterocycles. The minimum atomic E-state index is -1.75. The van der Waals surface area contributed by atoms with Crippen molar-refractivity contribution >= 4 is 23.3 Å². The van der Waals surface area contributed by atoms with Crippen LogP contribution in [0.1, 0.15) is 11.1 Å². The second kappa shape index (κ2) is 7.82. The van der Waals surface area contributed by atoms with Gasteiger partial charge in [0, 0.05) is 16.9 Å². The summed E-state index contributed by atoms with van der Waals surface area (Å²) in [5.74, 6) is -1.47. The number of hydrogen-bond donors (Lipinski definition) is 1. The van der Waals surface area contributed by atoms with E-state index in [9.17, 15) is 19.2 Å². The number of esters is 1. The van der Waals surface area contributed by atoms with Crippen molar-refractivity contribution in [3.63, 3.8) is 0 Å². The molecule has 176 valence electrons. The molecule has 3 aromatic carbocycles. The molecular weight excluding hydrogens is 459 g/mol. The number of carbonyl (C=O) groups is 2. The molecule has 0 bridgehead atoms. The van der Waals surface area contributed by atoms with Crippen molar-refractivity contribution in [3.8, 4) is 6.07 Å². The van der Waals surface area contributed by atoms with Crippen molar-refractivity contribution < 1.29 is 18.7 Å². The highest BCUT2D eigenvalue weighted by Crippen LogP contribution is 2.56. The number of halogens is 1. The average Bonchev–Trinajstić information content (AvgIpc) is 3.38. The fraction of sp³-hybridized carbons (Fsp3) is 0.107. The van der Waals surface area contributed by atoms with Gasteiger partial charge >= 0.3 is 5.97 Å². The third-order valence-corrected chi connectivity index (χ3v) is 6.89. The first-order chi connectivity index (χ1) is 17.5. The maximum absolute atomic E-state index is 14.4. The van der Waals surface area contributed by atoms with Crippen molar-refractivity contribution in [1.82, 2.24) is 0 Å². The summed E-state index contributed by atoms with van der Waals surface area (Å²) in [4.78, 5) is 30.8. The van der Waals surface area contributed by atoms with Gasteiger partial charge in [-0.25, -0.2) is 9.18 Å². The van der Waals surface area contributed by atoms with Crippen molar-refractivity contribution in [1.29, 1.82) is 5.26 Å². The summed E-state index contributed by atoms with van der Waals surface area (Å²) in [5, 5.41) is 10.4. The van der Waals surface area contributed by atoms with Gasteiger partial charge in [-0.2, -0.15) is 5.26 Å². The highest BCUT2D eigenvalue weighted by atomic mass is 19.1. The topological polar surface area (TPSA) is 99.7 Å². The fourth-order valence-electron chi connectivity index (χ4n) is 5.40. The van der Waals surface area contributed by atoms with E-state index < -0.39 is 17.3 Å². The molecule has 0 saturated carbocycles. The molecule has 3 heterocycles. The van der Waals surface area contributed by atoms with E-state index in [0.717, 1.165) is 0 Å². The number of carbonyl (C=O) groups excluding carboxylic acids is 2. The lowest BCUT2D eigenvalue weighted by molar-refractivity contribution is -0.137. The number of hydrogen-bond acceptors (Lipinski definition) is 6. The Morgan fingerprint density at radius 1 is 1.00 bits per heavy atom. The normalized spacial score (nSPS) is 20.6. The van der Waals surface area contributed by atoms with Crippen molar-refractivity contribution in [2.75, 3.05) is 16.4 Å². The predicted molar refractivity (Wildman–Crippen MR) is 129 cm³/mol. The van der Waals surface area contributed by atoms with Crippen LogP contribution < -0.4 is 15.5 Å². The lowest BCUT2D eigenvalue weighted by Crippen LogP contribution is -2.50. The Kier molecular flexibility index (Phi) is 4.70. The number of nitrogens with two attached hydrogens (primary N) is 1. The van der Waals surface area contributed by atoms with Gasteiger partial charge in [-0.15, -0.1) is 0 Å². The number of anilines is 2. The third kappa shape index (κ3) is 2.77. The summed E-state index contributed by atoms with van der Waals surface area (Å²) >= 11 is 0. The Labute approximate surface area is 206 Å². The molecule has 0 aromatic heterocycles. The second-order valence-electron chi connectivity index (χ2n) is 8.73. The molecule has 3 aliphatic heterocycles. The number of nitriles is 1. The van der Waals surface area contributed by atoms with E-state index >= 15 is 0 Å². The van der Waals surface area contributed by atoms with Gasteiger partial charge in [0.2, 0.25) is 5.91 Å². The van der Waals surface area contributed by atoms with Crippen molar-refractivity contribution in [3.05, 3.63) is 118 Å². The molecule has 8 heteroatoms. The number of rotatable bonds is 3. The number of ether oxygens (including phenoxy) is 1. The molecule has 1 unspecified atom stereocenters. The molecule has 3 aromatic rings. The molecule has 6 rings (SSSR count). The van der Waals surface area contributed by atoms with Gasteiger partial charge in [0.05, 0.1) is 23.4 Å². The van der Waals surface area contributed by atoms with Gasteiger partial charge in [-0.1, -0.05) is 48.5 Å². The molecule has 36 heavy (non-hydrogen) atoms. The van der Waals surface area contributed by atoms with Crippen LogP contribution in [0.5, 0.6) is 0 Å². The van der Waals surface area contributed by atoms with Gasteiger partial charge in [0.15, 0.2) is 0 Å². The van der Waals surface area contributed by atoms with Crippen LogP contribution in [0.15, 0.2) is 102 Å². The molecule has 7 nitrogen and oxygen atoms in total. The second-order valence-corrected chi connectivity index (χ2v) is 8.73. The first-order valence-corrected chi connectivity index (χ1v) is 11.3. The molecule has 1 spiro atoms. The average molecular weight is 478 g/mol. The quantitative estimate of drug-likeness (QED) is 0.577. The van der Waals surface area contributed by atoms with Crippen LogP contribution in [0.3, 0.4) is 0 Å². The lowest BCUT2D eigenvalue weighted by Gasteiger charge is -2.38. The van der Waals surface area contributed by atoms with E-state index in [0.29, 0.717) is 28.2 Å². The maximum atomic E-state index is 14.4. The van der Waals surface area contributed by atoms with Crippen LogP contribution in [0.2, 0.25) is 0 Å². The molecule has 3 aliphatic rings. The SMILES string of the molecule is N#CC1=C(N)N(c2ccccc2)C2=C(C(=O)OC2)C12C(=O)N(Cc1ccc(F)cc1)c1ccccc12. The monoisotopic (exact) mass is 478 g/mol. The maximum Gasteiger partial charge on any atom is 0.338 e. The third-order valence-electron chi connectivity index (χ3n) is 6.89. The zero-order valence-electron chi connectivity index (χ0n) is 18.9. The summed E-state index contributed by atoms with van der Waals surface area (Å²) in [5.41, 5.74) is 7.72. The van der Waals surface area contributed by atoms with E-state index in [1.807, 2.05) is 18.2 Å². The van der Waals surface area contributed by atoms with Crippen LogP contribution >= 0.6 is 0 Å². The Morgan fingerprint density at radius 3 is 2.42 bits per heavy atom. The van der Waals surface area contributed by atoms with Crippen LogP contribution in [0.4, 0.5) is 15.8 Å². The van der Waals surface area contributed by atoms with Gasteiger partial charge in [0.1, 0.15) is 29.7 Å². The largest absolute Gasteiger partial charge is 0.456 e. The van der Waals surface area contributed by atoms with Crippen LogP contribution in [-0.4, -0.2) is 18.5 Å². The number of para-hydroxylation sites is 2. The highest BCUT2D eigenvalue weighted by Gasteiger charge is 2.63. The summed E-state index contributed by atoms with van der Waals surface area (Å²) in [6, 6.07) is 24.1. The molecule has 1 amide bonds. The Balaban J connectivity index is 1.61. The number of nitrogens with zero attached hydrogens (tertiary/aromatic N) is 3. The summed E-state index contributed by atoms with van der Waals surface area (Å²) in [6.45, 7) is 0.0359. The summed E-state index contributed by atoms with van der Waals surface area (Å²) < 4.78 is 19.0. The summed E-state index contributed by atoms with van der Waals surface area (Å²) in [6.07, 6.45) is 0. The zero-order valence-corrected chi connectivity index (χ0v) is 18.9. The van der Waals surface area contributed by atoms with Crippen molar-refractivity contribution in [2.24, 2.45) is 5.73 Å². The zero-order chi connectivity index (χ0) is 25.0. The molecule has 0 aliphatic carbocycles. The van der Waals surface area contributed by atoms with Gasteiger partial charge in [0.25, 0.3) is 0 Å². The highest BCUT2D eigenvalue weighted by molar-refractivity contribution is 6.19. The minimum Gasteiger partial charge on any atom is -0.456 e. The van der Waals surface area contributed by atoms with E-state index in [1.165, 1.54) is 17.0 Å². The Hall–Kier alpha value is -4.90. The minimum absolute atomic E-state index is 0.0389. The van der Waals surface area contributed by atoms with Crippen LogP contribution in [-0.2, 0) is 26.3 Å². The van der Waals surface area contributed by atoms with Crippen LogP contribution in [0, 0.1) is 17.1 Å². The molecule has 2 N–H and O–H groups in total. The fourth-order valence-corrected chi connectivity index (χ4v) is 5.40. The smallest absolute Gasteiger partial charge is 0.338 e. The Morgan fingerprint density at radius 2 is 1.69 bits per heavy atom. The van der Waals surface area contributed by atoms with Crippen molar-refractivity contribution in [2.45, 2.75) is 12.0 Å². The molecular formula is C28H19FN4O3. The van der Waals surface area contributed by atoms with E-state index in [-0.39, 0.29) is 35.9 Å². The van der Waals surface area contributed by atoms with Gasteiger partial charge < -0.3 is 15.4 Å². The van der Waals surface area contributed by atoms with E-state index in [1.54, 1.807) is 53.4 Å². The standard InChI is InChI=1S/C28H19FN4O3/c29-18-12-10-17(11-13-18)15-32-22-9-5-4-8-20(22)28(27(32)35)21(14-30)25(31)33(19-6-2-1-3-7-19)23-16-36-26(34)24(23)28/h1-13H,15-16,31H2. The number of amides is 1. The predicted octanol–water partition coefficient (Wildman–Crippen LogP) is 3.64. The lowest BCUT2D eigenvalue weighted by atomic mass is 9.67. The van der Waals surface area contributed by atoms with E-state index in [4.69, 9.17) is 10.5 Å². The van der Waals surface area contributed by atoms with Gasteiger partial charge in [-0.3, -0.25) is 9.69 Å². The molecule has 1 atom stereocenters. The first-order valence-electron chi connectivity index (χ1n) is 11.3. The number of benzene rings is 3. The molecule has 0 radical (unpaired) electrons. The number of cyclic esters (lactones) is 1. The first kappa shape index (κ1) is 21.6. The molecule has 0 fully saturated rings. The number of fused-ring (bicyclic) bond motifs is 3. The van der Waals surface area contributed by atoms with E-state index in [2.05, 4.69) is 6.07 Å².